The smallest absolute Gasteiger partial charge is 0.338 e. The van der Waals surface area contributed by atoms with Gasteiger partial charge in [-0.15, -0.1) is 0 Å². The molecule has 0 unspecified atom stereocenters. The van der Waals surface area contributed by atoms with Gasteiger partial charge < -0.3 is 4.74 Å². The Morgan fingerprint density at radius 1 is 1.44 bits per heavy atom. The standard InChI is InChI=1S/C11H11NO5S/c1-12-9-4-5-10(11(13)16-2)8(6-9)7-17-18(3,14)15/h4-6H,7H2,2-3H3. The molecule has 0 aromatic heterocycles. The number of hydrogen-bond donors (Lipinski definition) is 0. The van der Waals surface area contributed by atoms with Crippen molar-refractivity contribution in [2.45, 2.75) is 6.61 Å². The largest absolute Gasteiger partial charge is 0.465 e. The van der Waals surface area contributed by atoms with Crippen LogP contribution in [0.3, 0.4) is 0 Å². The van der Waals surface area contributed by atoms with Crippen LogP contribution in [0.4, 0.5) is 5.69 Å². The molecule has 0 fully saturated rings. The van der Waals surface area contributed by atoms with Gasteiger partial charge in [-0.2, -0.15) is 8.42 Å². The monoisotopic (exact) mass is 269 g/mol. The van der Waals surface area contributed by atoms with Crippen molar-refractivity contribution in [2.24, 2.45) is 0 Å². The molecule has 96 valence electrons. The summed E-state index contributed by atoms with van der Waals surface area (Å²) in [6.45, 7) is 6.55. The van der Waals surface area contributed by atoms with Crippen molar-refractivity contribution < 1.29 is 22.1 Å². The van der Waals surface area contributed by atoms with Crippen molar-refractivity contribution in [3.05, 3.63) is 40.7 Å². The minimum absolute atomic E-state index is 0.175. The fourth-order valence-electron chi connectivity index (χ4n) is 1.25. The van der Waals surface area contributed by atoms with Gasteiger partial charge in [0.25, 0.3) is 10.1 Å². The molecule has 0 saturated carbocycles. The summed E-state index contributed by atoms with van der Waals surface area (Å²) < 4.78 is 31.0. The minimum Gasteiger partial charge on any atom is -0.465 e. The minimum atomic E-state index is -3.62. The highest BCUT2D eigenvalue weighted by Gasteiger charge is 2.14. The molecule has 0 aliphatic rings. The average Bonchev–Trinajstić information content (AvgIpc) is 2.34. The number of rotatable bonds is 4. The summed E-state index contributed by atoms with van der Waals surface area (Å²) in [5.74, 6) is -0.612. The van der Waals surface area contributed by atoms with Crippen LogP contribution in [0.1, 0.15) is 15.9 Å². The van der Waals surface area contributed by atoms with E-state index in [0.29, 0.717) is 5.56 Å². The Morgan fingerprint density at radius 3 is 2.61 bits per heavy atom. The lowest BCUT2D eigenvalue weighted by molar-refractivity contribution is 0.0597. The van der Waals surface area contributed by atoms with Crippen molar-refractivity contribution in [1.82, 2.24) is 0 Å². The zero-order chi connectivity index (χ0) is 13.8. The molecule has 6 nitrogen and oxygen atoms in total. The third-order valence-electron chi connectivity index (χ3n) is 2.05. The lowest BCUT2D eigenvalue weighted by Crippen LogP contribution is -2.09. The Bertz CT molecular complexity index is 600. The zero-order valence-electron chi connectivity index (χ0n) is 9.84. The van der Waals surface area contributed by atoms with Crippen LogP contribution in [0.2, 0.25) is 0 Å². The Morgan fingerprint density at radius 2 is 2.11 bits per heavy atom. The van der Waals surface area contributed by atoms with Crippen molar-refractivity contribution in [1.29, 1.82) is 0 Å². The summed E-state index contributed by atoms with van der Waals surface area (Å²) in [6.07, 6.45) is 0.906. The molecule has 0 heterocycles. The number of nitrogens with zero attached hydrogens (tertiary/aromatic N) is 1. The molecule has 7 heteroatoms. The van der Waals surface area contributed by atoms with Gasteiger partial charge in [0.05, 0.1) is 32.1 Å². The van der Waals surface area contributed by atoms with Crippen molar-refractivity contribution in [3.8, 4) is 0 Å². The van der Waals surface area contributed by atoms with E-state index >= 15 is 0 Å². The molecule has 0 saturated heterocycles. The Kier molecular flexibility index (Phi) is 4.42. The third kappa shape index (κ3) is 3.84. The number of esters is 1. The molecule has 0 aliphatic carbocycles. The fourth-order valence-corrected chi connectivity index (χ4v) is 1.59. The van der Waals surface area contributed by atoms with Crippen molar-refractivity contribution in [2.75, 3.05) is 13.4 Å². The second kappa shape index (κ2) is 5.62. The van der Waals surface area contributed by atoms with E-state index < -0.39 is 16.1 Å². The summed E-state index contributed by atoms with van der Waals surface area (Å²) in [6, 6.07) is 4.24. The lowest BCUT2D eigenvalue weighted by atomic mass is 10.1. The van der Waals surface area contributed by atoms with Gasteiger partial charge in [-0.1, -0.05) is 18.2 Å². The van der Waals surface area contributed by atoms with E-state index in [1.54, 1.807) is 0 Å². The Balaban J connectivity index is 3.13. The van der Waals surface area contributed by atoms with Crippen LogP contribution in [-0.2, 0) is 25.6 Å². The Labute approximate surface area is 105 Å². The van der Waals surface area contributed by atoms with E-state index in [-0.39, 0.29) is 17.9 Å². The number of carbonyl (C=O) groups is 1. The maximum absolute atomic E-state index is 11.5. The first-order valence-corrected chi connectivity index (χ1v) is 6.62. The van der Waals surface area contributed by atoms with Gasteiger partial charge in [0.1, 0.15) is 0 Å². The van der Waals surface area contributed by atoms with E-state index in [1.165, 1.54) is 25.3 Å². The predicted octanol–water partition coefficient (Wildman–Crippen LogP) is 1.50. The van der Waals surface area contributed by atoms with Crippen LogP contribution < -0.4 is 0 Å². The number of hydrogen-bond acceptors (Lipinski definition) is 5. The zero-order valence-corrected chi connectivity index (χ0v) is 10.7. The highest BCUT2D eigenvalue weighted by atomic mass is 32.2. The molecule has 18 heavy (non-hydrogen) atoms. The van der Waals surface area contributed by atoms with Gasteiger partial charge in [-0.05, 0) is 5.56 Å². The van der Waals surface area contributed by atoms with E-state index in [2.05, 4.69) is 13.8 Å². The van der Waals surface area contributed by atoms with Gasteiger partial charge in [-0.25, -0.2) is 9.64 Å². The van der Waals surface area contributed by atoms with E-state index in [4.69, 9.17) is 6.57 Å². The van der Waals surface area contributed by atoms with Crippen LogP contribution in [-0.4, -0.2) is 27.8 Å². The third-order valence-corrected chi connectivity index (χ3v) is 2.60. The molecular formula is C11H11NO5S. The summed E-state index contributed by atoms with van der Waals surface area (Å²) in [5, 5.41) is 0. The summed E-state index contributed by atoms with van der Waals surface area (Å²) >= 11 is 0. The van der Waals surface area contributed by atoms with Crippen LogP contribution in [0.5, 0.6) is 0 Å². The normalized spacial score (nSPS) is 10.7. The molecule has 1 rings (SSSR count). The number of carbonyl (C=O) groups excluding carboxylic acids is 1. The van der Waals surface area contributed by atoms with Gasteiger partial charge in [0.15, 0.2) is 5.69 Å². The number of methoxy groups -OCH3 is 1. The van der Waals surface area contributed by atoms with E-state index in [0.717, 1.165) is 6.26 Å². The molecule has 0 radical (unpaired) electrons. The van der Waals surface area contributed by atoms with Gasteiger partial charge in [0.2, 0.25) is 0 Å². The average molecular weight is 269 g/mol. The molecule has 0 aliphatic heterocycles. The molecule has 0 atom stereocenters. The first kappa shape index (κ1) is 14.2. The quantitative estimate of drug-likeness (QED) is 0.470. The second-order valence-electron chi connectivity index (χ2n) is 3.41. The molecule has 0 amide bonds. The predicted molar refractivity (Wildman–Crippen MR) is 63.7 cm³/mol. The lowest BCUT2D eigenvalue weighted by Gasteiger charge is -2.08. The molecule has 1 aromatic rings. The highest BCUT2D eigenvalue weighted by Crippen LogP contribution is 2.20. The van der Waals surface area contributed by atoms with Crippen LogP contribution in [0, 0.1) is 6.57 Å². The van der Waals surface area contributed by atoms with Crippen LogP contribution >= 0.6 is 0 Å². The van der Waals surface area contributed by atoms with Crippen LogP contribution in [0.15, 0.2) is 18.2 Å². The summed E-state index contributed by atoms with van der Waals surface area (Å²) in [4.78, 5) is 14.6. The topological polar surface area (TPSA) is 74.0 Å². The maximum atomic E-state index is 11.5. The van der Waals surface area contributed by atoms with E-state index in [9.17, 15) is 13.2 Å². The summed E-state index contributed by atoms with van der Waals surface area (Å²) in [7, 11) is -2.41. The summed E-state index contributed by atoms with van der Waals surface area (Å²) in [5.41, 5.74) is 0.754. The van der Waals surface area contributed by atoms with Crippen molar-refractivity contribution >= 4 is 21.8 Å². The highest BCUT2D eigenvalue weighted by molar-refractivity contribution is 7.85. The molecule has 0 bridgehead atoms. The number of benzene rings is 1. The van der Waals surface area contributed by atoms with Gasteiger partial charge in [0, 0.05) is 0 Å². The molecule has 0 N–H and O–H groups in total. The second-order valence-corrected chi connectivity index (χ2v) is 5.06. The van der Waals surface area contributed by atoms with Gasteiger partial charge in [-0.3, -0.25) is 4.18 Å². The molecular weight excluding hydrogens is 258 g/mol. The van der Waals surface area contributed by atoms with Crippen molar-refractivity contribution in [3.63, 3.8) is 0 Å². The SMILES string of the molecule is [C-]#[N+]c1ccc(C(=O)OC)c(COS(C)(=O)=O)c1. The first-order chi connectivity index (χ1) is 8.37. The molecule has 0 spiro atoms. The Hall–Kier alpha value is -1.91. The van der Waals surface area contributed by atoms with Gasteiger partial charge >= 0.3 is 5.97 Å². The first-order valence-electron chi connectivity index (χ1n) is 4.80. The molecule has 1 aromatic carbocycles. The fraction of sp³-hybridized carbons (Fsp3) is 0.273. The van der Waals surface area contributed by atoms with Crippen LogP contribution in [0.25, 0.3) is 4.85 Å². The number of ether oxygens (including phenoxy) is 1. The maximum Gasteiger partial charge on any atom is 0.338 e. The van der Waals surface area contributed by atoms with E-state index in [1.807, 2.05) is 0 Å².